The molecule has 0 radical (unpaired) electrons. The molecule has 0 spiro atoms. The number of ether oxygens (including phenoxy) is 1. The number of guanidine groups is 1. The summed E-state index contributed by atoms with van der Waals surface area (Å²) < 4.78 is 5.92. The van der Waals surface area contributed by atoms with E-state index in [9.17, 15) is 0 Å². The Morgan fingerprint density at radius 2 is 2.11 bits per heavy atom. The van der Waals surface area contributed by atoms with Crippen LogP contribution in [0.15, 0.2) is 29.3 Å². The van der Waals surface area contributed by atoms with Crippen LogP contribution >= 0.6 is 11.6 Å². The van der Waals surface area contributed by atoms with Crippen molar-refractivity contribution in [3.8, 4) is 0 Å². The number of nitrogens with zero attached hydrogens (tertiary/aromatic N) is 3. The topological polar surface area (TPSA) is 52.1 Å². The molecular weight excluding hydrogens is 374 g/mol. The Morgan fingerprint density at radius 1 is 1.25 bits per heavy atom. The largest absolute Gasteiger partial charge is 0.373 e. The Kier molecular flexibility index (Phi) is 6.60. The highest BCUT2D eigenvalue weighted by molar-refractivity contribution is 6.30. The Labute approximate surface area is 173 Å². The smallest absolute Gasteiger partial charge is 0.191 e. The lowest BCUT2D eigenvalue weighted by molar-refractivity contribution is 0.0992. The SMILES string of the molecule is CN=C(NCCCN1CCN(c2cccc(Cl)c2)CC1)NC1CC2CCC1O2. The summed E-state index contributed by atoms with van der Waals surface area (Å²) in [6, 6.07) is 8.58. The number of aliphatic imine (C=N–C) groups is 1. The van der Waals surface area contributed by atoms with E-state index in [1.54, 1.807) is 0 Å². The zero-order valence-electron chi connectivity index (χ0n) is 16.7. The lowest BCUT2D eigenvalue weighted by Crippen LogP contribution is -2.49. The van der Waals surface area contributed by atoms with Crippen molar-refractivity contribution in [3.05, 3.63) is 29.3 Å². The first kappa shape index (κ1) is 19.8. The van der Waals surface area contributed by atoms with Crippen LogP contribution in [-0.2, 0) is 4.74 Å². The highest BCUT2D eigenvalue weighted by Gasteiger charge is 2.41. The van der Waals surface area contributed by atoms with Crippen molar-refractivity contribution in [2.75, 3.05) is 51.2 Å². The molecule has 0 amide bonds. The summed E-state index contributed by atoms with van der Waals surface area (Å²) in [5.74, 6) is 0.909. The van der Waals surface area contributed by atoms with Gasteiger partial charge in [-0.25, -0.2) is 0 Å². The Balaban J connectivity index is 1.12. The maximum atomic E-state index is 6.12. The zero-order valence-corrected chi connectivity index (χ0v) is 17.5. The van der Waals surface area contributed by atoms with Crippen LogP contribution < -0.4 is 15.5 Å². The van der Waals surface area contributed by atoms with Gasteiger partial charge in [-0.05, 0) is 50.4 Å². The third-order valence-electron chi connectivity index (χ3n) is 6.14. The minimum atomic E-state index is 0.374. The number of hydrogen-bond donors (Lipinski definition) is 2. The minimum Gasteiger partial charge on any atom is -0.373 e. The zero-order chi connectivity index (χ0) is 19.3. The molecule has 3 unspecified atom stereocenters. The van der Waals surface area contributed by atoms with Gasteiger partial charge in [0.2, 0.25) is 0 Å². The van der Waals surface area contributed by atoms with Crippen LogP contribution in [0.3, 0.4) is 0 Å². The number of hydrogen-bond acceptors (Lipinski definition) is 4. The van der Waals surface area contributed by atoms with Crippen LogP contribution in [0.2, 0.25) is 5.02 Å². The average Bonchev–Trinajstić information content (AvgIpc) is 3.34. The second-order valence-electron chi connectivity index (χ2n) is 8.02. The predicted molar refractivity (Wildman–Crippen MR) is 116 cm³/mol. The molecule has 3 atom stereocenters. The molecule has 3 saturated heterocycles. The van der Waals surface area contributed by atoms with Gasteiger partial charge in [0.1, 0.15) is 0 Å². The lowest BCUT2D eigenvalue weighted by Gasteiger charge is -2.36. The number of fused-ring (bicyclic) bond motifs is 2. The van der Waals surface area contributed by atoms with E-state index < -0.39 is 0 Å². The van der Waals surface area contributed by atoms with Crippen molar-refractivity contribution >= 4 is 23.2 Å². The van der Waals surface area contributed by atoms with Crippen LogP contribution in [0, 0.1) is 0 Å². The Hall–Kier alpha value is -1.50. The molecule has 3 heterocycles. The molecule has 1 aromatic carbocycles. The maximum absolute atomic E-state index is 6.12. The first-order chi connectivity index (χ1) is 13.7. The van der Waals surface area contributed by atoms with Gasteiger partial charge in [0.15, 0.2) is 5.96 Å². The first-order valence-electron chi connectivity index (χ1n) is 10.6. The molecule has 6 nitrogen and oxygen atoms in total. The summed E-state index contributed by atoms with van der Waals surface area (Å²) in [6.45, 7) is 6.37. The summed E-state index contributed by atoms with van der Waals surface area (Å²) in [5, 5.41) is 7.82. The Morgan fingerprint density at radius 3 is 2.79 bits per heavy atom. The maximum Gasteiger partial charge on any atom is 0.191 e. The molecule has 7 heteroatoms. The molecule has 4 rings (SSSR count). The Bertz CT molecular complexity index is 677. The molecule has 3 aliphatic rings. The number of piperazine rings is 1. The van der Waals surface area contributed by atoms with Crippen LogP contribution in [-0.4, -0.2) is 75.4 Å². The summed E-state index contributed by atoms with van der Waals surface area (Å²) in [6.07, 6.45) is 5.47. The molecule has 154 valence electrons. The fourth-order valence-electron chi connectivity index (χ4n) is 4.57. The molecule has 2 bridgehead atoms. The van der Waals surface area contributed by atoms with E-state index in [1.165, 1.54) is 18.5 Å². The van der Waals surface area contributed by atoms with Crippen LogP contribution in [0.4, 0.5) is 5.69 Å². The first-order valence-corrected chi connectivity index (χ1v) is 10.9. The second-order valence-corrected chi connectivity index (χ2v) is 8.46. The molecule has 1 aromatic rings. The molecule has 0 aromatic heterocycles. The fourth-order valence-corrected chi connectivity index (χ4v) is 4.76. The predicted octanol–water partition coefficient (Wildman–Crippen LogP) is 2.34. The van der Waals surface area contributed by atoms with Crippen molar-refractivity contribution in [1.82, 2.24) is 15.5 Å². The van der Waals surface area contributed by atoms with Gasteiger partial charge in [0.25, 0.3) is 0 Å². The number of halogens is 1. The van der Waals surface area contributed by atoms with Crippen molar-refractivity contribution < 1.29 is 4.74 Å². The van der Waals surface area contributed by atoms with E-state index in [0.717, 1.165) is 63.1 Å². The molecule has 2 N–H and O–H groups in total. The van der Waals surface area contributed by atoms with E-state index in [-0.39, 0.29) is 0 Å². The van der Waals surface area contributed by atoms with Crippen molar-refractivity contribution in [3.63, 3.8) is 0 Å². The van der Waals surface area contributed by atoms with E-state index in [1.807, 2.05) is 19.2 Å². The third kappa shape index (κ3) is 4.91. The van der Waals surface area contributed by atoms with Gasteiger partial charge in [0.05, 0.1) is 18.2 Å². The summed E-state index contributed by atoms with van der Waals surface area (Å²) in [5.41, 5.74) is 1.23. The third-order valence-corrected chi connectivity index (χ3v) is 6.38. The number of anilines is 1. The second kappa shape index (κ2) is 9.33. The average molecular weight is 406 g/mol. The van der Waals surface area contributed by atoms with E-state index in [4.69, 9.17) is 16.3 Å². The summed E-state index contributed by atoms with van der Waals surface area (Å²) in [7, 11) is 1.85. The van der Waals surface area contributed by atoms with Gasteiger partial charge in [0, 0.05) is 50.5 Å². The molecular formula is C21H32ClN5O. The van der Waals surface area contributed by atoms with Crippen LogP contribution in [0.5, 0.6) is 0 Å². The minimum absolute atomic E-state index is 0.374. The molecule has 28 heavy (non-hydrogen) atoms. The van der Waals surface area contributed by atoms with Gasteiger partial charge in [-0.1, -0.05) is 17.7 Å². The van der Waals surface area contributed by atoms with E-state index in [0.29, 0.717) is 18.2 Å². The van der Waals surface area contributed by atoms with E-state index >= 15 is 0 Å². The summed E-state index contributed by atoms with van der Waals surface area (Å²) >= 11 is 6.12. The van der Waals surface area contributed by atoms with Gasteiger partial charge < -0.3 is 20.3 Å². The van der Waals surface area contributed by atoms with Gasteiger partial charge in [-0.2, -0.15) is 0 Å². The fraction of sp³-hybridized carbons (Fsp3) is 0.667. The molecule has 0 aliphatic carbocycles. The highest BCUT2D eigenvalue weighted by atomic mass is 35.5. The van der Waals surface area contributed by atoms with Crippen molar-refractivity contribution in [2.45, 2.75) is 43.9 Å². The van der Waals surface area contributed by atoms with Crippen molar-refractivity contribution in [1.29, 1.82) is 0 Å². The highest BCUT2D eigenvalue weighted by Crippen LogP contribution is 2.34. The molecule has 3 fully saturated rings. The lowest BCUT2D eigenvalue weighted by atomic mass is 9.96. The standard InChI is InChI=1S/C21H32ClN5O/c1-23-21(25-19-15-18-6-7-20(19)28-18)24-8-3-9-26-10-12-27(13-11-26)17-5-2-4-16(22)14-17/h2,4-5,14,18-20H,3,6-13,15H2,1H3,(H2,23,24,25). The molecule has 3 aliphatic heterocycles. The van der Waals surface area contributed by atoms with E-state index in [2.05, 4.69) is 37.6 Å². The van der Waals surface area contributed by atoms with Gasteiger partial charge >= 0.3 is 0 Å². The van der Waals surface area contributed by atoms with Gasteiger partial charge in [-0.15, -0.1) is 0 Å². The van der Waals surface area contributed by atoms with Crippen molar-refractivity contribution in [2.24, 2.45) is 4.99 Å². The number of rotatable bonds is 6. The quantitative estimate of drug-likeness (QED) is 0.432. The van der Waals surface area contributed by atoms with Crippen LogP contribution in [0.25, 0.3) is 0 Å². The summed E-state index contributed by atoms with van der Waals surface area (Å²) in [4.78, 5) is 9.34. The van der Waals surface area contributed by atoms with Gasteiger partial charge in [-0.3, -0.25) is 9.89 Å². The number of nitrogens with one attached hydrogen (secondary N) is 2. The molecule has 0 saturated carbocycles. The monoisotopic (exact) mass is 405 g/mol. The number of benzene rings is 1. The van der Waals surface area contributed by atoms with Crippen LogP contribution in [0.1, 0.15) is 25.7 Å². The normalized spacial score (nSPS) is 28.0.